The molecule has 0 amide bonds. The molecular formula is C15H22O3. The summed E-state index contributed by atoms with van der Waals surface area (Å²) in [7, 11) is 3.08. The number of rotatable bonds is 5. The molecule has 0 aromatic heterocycles. The SMILES string of the molecule is COC(OC)C(C)(O)c1cccc(C2CCC2)c1. The van der Waals surface area contributed by atoms with E-state index in [1.165, 1.54) is 24.8 Å². The monoisotopic (exact) mass is 250 g/mol. The summed E-state index contributed by atoms with van der Waals surface area (Å²) >= 11 is 0. The number of methoxy groups -OCH3 is 2. The van der Waals surface area contributed by atoms with Crippen LogP contribution in [-0.4, -0.2) is 25.6 Å². The summed E-state index contributed by atoms with van der Waals surface area (Å²) in [5, 5.41) is 10.6. The van der Waals surface area contributed by atoms with Gasteiger partial charge in [0.2, 0.25) is 0 Å². The van der Waals surface area contributed by atoms with Gasteiger partial charge in [0.1, 0.15) is 5.60 Å². The smallest absolute Gasteiger partial charge is 0.189 e. The van der Waals surface area contributed by atoms with Crippen molar-refractivity contribution < 1.29 is 14.6 Å². The molecule has 1 N–H and O–H groups in total. The van der Waals surface area contributed by atoms with Crippen LogP contribution in [0.3, 0.4) is 0 Å². The van der Waals surface area contributed by atoms with E-state index in [0.29, 0.717) is 5.92 Å². The second-order valence-corrected chi connectivity index (χ2v) is 5.20. The van der Waals surface area contributed by atoms with Crippen LogP contribution >= 0.6 is 0 Å². The van der Waals surface area contributed by atoms with Crippen LogP contribution in [0, 0.1) is 0 Å². The second-order valence-electron chi connectivity index (χ2n) is 5.20. The number of hydrogen-bond donors (Lipinski definition) is 1. The summed E-state index contributed by atoms with van der Waals surface area (Å²) in [5.74, 6) is 0.657. The quantitative estimate of drug-likeness (QED) is 0.817. The largest absolute Gasteiger partial charge is 0.380 e. The van der Waals surface area contributed by atoms with E-state index in [9.17, 15) is 5.11 Å². The van der Waals surface area contributed by atoms with Gasteiger partial charge in [-0.05, 0) is 36.8 Å². The van der Waals surface area contributed by atoms with Gasteiger partial charge < -0.3 is 14.6 Å². The minimum atomic E-state index is -1.14. The van der Waals surface area contributed by atoms with E-state index >= 15 is 0 Å². The zero-order valence-electron chi connectivity index (χ0n) is 11.3. The molecule has 0 spiro atoms. The lowest BCUT2D eigenvalue weighted by atomic mass is 9.78. The van der Waals surface area contributed by atoms with Crippen molar-refractivity contribution in [3.8, 4) is 0 Å². The summed E-state index contributed by atoms with van der Waals surface area (Å²) in [5.41, 5.74) is 1.02. The summed E-state index contributed by atoms with van der Waals surface area (Å²) < 4.78 is 10.4. The summed E-state index contributed by atoms with van der Waals surface area (Å²) in [6.07, 6.45) is 3.16. The standard InChI is InChI=1S/C15H22O3/c1-15(16,14(17-2)18-3)13-9-5-8-12(10-13)11-6-4-7-11/h5,8-11,14,16H,4,6-7H2,1-3H3. The maximum absolute atomic E-state index is 10.6. The third-order valence-electron chi connectivity index (χ3n) is 3.93. The molecule has 18 heavy (non-hydrogen) atoms. The zero-order valence-corrected chi connectivity index (χ0v) is 11.3. The van der Waals surface area contributed by atoms with Crippen LogP contribution in [0.4, 0.5) is 0 Å². The number of benzene rings is 1. The molecule has 2 rings (SSSR count). The first-order valence-corrected chi connectivity index (χ1v) is 6.48. The Hall–Kier alpha value is -0.900. The van der Waals surface area contributed by atoms with Crippen LogP contribution in [0.15, 0.2) is 24.3 Å². The fraction of sp³-hybridized carbons (Fsp3) is 0.600. The van der Waals surface area contributed by atoms with Gasteiger partial charge in [0.25, 0.3) is 0 Å². The zero-order chi connectivity index (χ0) is 13.2. The van der Waals surface area contributed by atoms with Crippen LogP contribution in [0.25, 0.3) is 0 Å². The van der Waals surface area contributed by atoms with Gasteiger partial charge in [-0.1, -0.05) is 30.7 Å². The van der Waals surface area contributed by atoms with E-state index in [0.717, 1.165) is 5.56 Å². The first-order valence-electron chi connectivity index (χ1n) is 6.48. The fourth-order valence-electron chi connectivity index (χ4n) is 2.54. The van der Waals surface area contributed by atoms with Gasteiger partial charge in [0.15, 0.2) is 6.29 Å². The van der Waals surface area contributed by atoms with E-state index in [4.69, 9.17) is 9.47 Å². The Morgan fingerprint density at radius 2 is 1.94 bits per heavy atom. The molecule has 0 aliphatic heterocycles. The molecule has 3 nitrogen and oxygen atoms in total. The van der Waals surface area contributed by atoms with Crippen molar-refractivity contribution in [2.24, 2.45) is 0 Å². The molecule has 1 fully saturated rings. The molecule has 0 bridgehead atoms. The fourth-order valence-corrected chi connectivity index (χ4v) is 2.54. The Morgan fingerprint density at radius 3 is 2.44 bits per heavy atom. The van der Waals surface area contributed by atoms with Gasteiger partial charge in [-0.2, -0.15) is 0 Å². The molecule has 0 saturated heterocycles. The molecule has 1 saturated carbocycles. The maximum atomic E-state index is 10.6. The van der Waals surface area contributed by atoms with Gasteiger partial charge >= 0.3 is 0 Å². The molecule has 1 aliphatic carbocycles. The lowest BCUT2D eigenvalue weighted by Crippen LogP contribution is -2.39. The average Bonchev–Trinajstić information content (AvgIpc) is 2.28. The Morgan fingerprint density at radius 1 is 1.28 bits per heavy atom. The van der Waals surface area contributed by atoms with Crippen molar-refractivity contribution in [1.29, 1.82) is 0 Å². The first-order chi connectivity index (χ1) is 8.59. The van der Waals surface area contributed by atoms with E-state index in [1.807, 2.05) is 12.1 Å². The third-order valence-corrected chi connectivity index (χ3v) is 3.93. The Kier molecular flexibility index (Phi) is 4.05. The van der Waals surface area contributed by atoms with Gasteiger partial charge in [0, 0.05) is 14.2 Å². The van der Waals surface area contributed by atoms with Gasteiger partial charge in [-0.3, -0.25) is 0 Å². The Balaban J connectivity index is 2.25. The summed E-state index contributed by atoms with van der Waals surface area (Å²) in [4.78, 5) is 0. The third kappa shape index (κ3) is 2.44. The molecule has 0 heterocycles. The predicted molar refractivity (Wildman–Crippen MR) is 70.4 cm³/mol. The van der Waals surface area contributed by atoms with Crippen LogP contribution in [0.5, 0.6) is 0 Å². The number of ether oxygens (including phenoxy) is 2. The van der Waals surface area contributed by atoms with Crippen molar-refractivity contribution in [2.75, 3.05) is 14.2 Å². The van der Waals surface area contributed by atoms with Gasteiger partial charge in [-0.15, -0.1) is 0 Å². The molecule has 1 aliphatic rings. The molecule has 1 aromatic carbocycles. The summed E-state index contributed by atoms with van der Waals surface area (Å²) in [6.45, 7) is 1.73. The topological polar surface area (TPSA) is 38.7 Å². The molecule has 1 aromatic rings. The van der Waals surface area contributed by atoms with Gasteiger partial charge in [0.05, 0.1) is 0 Å². The van der Waals surface area contributed by atoms with Crippen LogP contribution in [0.1, 0.15) is 43.2 Å². The lowest BCUT2D eigenvalue weighted by Gasteiger charge is -2.32. The van der Waals surface area contributed by atoms with E-state index < -0.39 is 11.9 Å². The predicted octanol–water partition coefficient (Wildman–Crippen LogP) is 2.78. The lowest BCUT2D eigenvalue weighted by molar-refractivity contribution is -0.213. The van der Waals surface area contributed by atoms with Crippen molar-refractivity contribution >= 4 is 0 Å². The number of hydrogen-bond acceptors (Lipinski definition) is 3. The first kappa shape index (κ1) is 13.5. The van der Waals surface area contributed by atoms with E-state index in [2.05, 4.69) is 12.1 Å². The highest BCUT2D eigenvalue weighted by molar-refractivity contribution is 5.31. The molecule has 1 atom stereocenters. The van der Waals surface area contributed by atoms with Crippen LogP contribution in [-0.2, 0) is 15.1 Å². The number of aliphatic hydroxyl groups is 1. The molecule has 1 unspecified atom stereocenters. The highest BCUT2D eigenvalue weighted by atomic mass is 16.7. The van der Waals surface area contributed by atoms with Gasteiger partial charge in [-0.25, -0.2) is 0 Å². The van der Waals surface area contributed by atoms with Crippen LogP contribution in [0.2, 0.25) is 0 Å². The van der Waals surface area contributed by atoms with Crippen molar-refractivity contribution in [3.63, 3.8) is 0 Å². The van der Waals surface area contributed by atoms with Crippen molar-refractivity contribution in [1.82, 2.24) is 0 Å². The molecule has 0 radical (unpaired) electrons. The molecule has 3 heteroatoms. The normalized spacial score (nSPS) is 19.6. The van der Waals surface area contributed by atoms with Crippen molar-refractivity contribution in [3.05, 3.63) is 35.4 Å². The second kappa shape index (κ2) is 5.39. The van der Waals surface area contributed by atoms with E-state index in [1.54, 1.807) is 21.1 Å². The molecular weight excluding hydrogens is 228 g/mol. The average molecular weight is 250 g/mol. The van der Waals surface area contributed by atoms with Crippen molar-refractivity contribution in [2.45, 2.75) is 44.0 Å². The Labute approximate surface area is 109 Å². The highest BCUT2D eigenvalue weighted by Gasteiger charge is 2.35. The summed E-state index contributed by atoms with van der Waals surface area (Å²) in [6, 6.07) is 8.14. The minimum absolute atomic E-state index is 0.657. The van der Waals surface area contributed by atoms with E-state index in [-0.39, 0.29) is 0 Å². The maximum Gasteiger partial charge on any atom is 0.189 e. The molecule has 100 valence electrons. The Bertz CT molecular complexity index is 392. The highest BCUT2D eigenvalue weighted by Crippen LogP contribution is 2.38. The van der Waals surface area contributed by atoms with Crippen LogP contribution < -0.4 is 0 Å². The minimum Gasteiger partial charge on any atom is -0.380 e.